The van der Waals surface area contributed by atoms with Crippen molar-refractivity contribution in [1.29, 1.82) is 0 Å². The lowest BCUT2D eigenvalue weighted by Crippen LogP contribution is -2.43. The number of rotatable bonds is 2. The van der Waals surface area contributed by atoms with Gasteiger partial charge in [-0.25, -0.2) is 4.39 Å². The van der Waals surface area contributed by atoms with Crippen molar-refractivity contribution in [3.63, 3.8) is 0 Å². The van der Waals surface area contributed by atoms with Crippen LogP contribution < -0.4 is 10.5 Å². The van der Waals surface area contributed by atoms with Gasteiger partial charge in [0.2, 0.25) is 0 Å². The molecule has 88 valence electrons. The molecule has 2 rings (SSSR count). The summed E-state index contributed by atoms with van der Waals surface area (Å²) in [5, 5.41) is 9.61. The van der Waals surface area contributed by atoms with Gasteiger partial charge in [-0.1, -0.05) is 15.9 Å². The van der Waals surface area contributed by atoms with Crippen LogP contribution in [0.5, 0.6) is 11.5 Å². The predicted octanol–water partition coefficient (Wildman–Crippen LogP) is 2.64. The Balaban J connectivity index is 2.63. The number of halogens is 2. The monoisotopic (exact) mass is 289 g/mol. The highest BCUT2D eigenvalue weighted by Gasteiger charge is 2.40. The third kappa shape index (κ3) is 1.58. The summed E-state index contributed by atoms with van der Waals surface area (Å²) in [7, 11) is 1.40. The standard InChI is InChI=1S/C11H13BrFNO2/c1-16-10-8(11(14)3-2-4-11)6(12)5-7(13)9(10)15/h5,15H,2-4,14H2,1H3. The van der Waals surface area contributed by atoms with Gasteiger partial charge in [0.15, 0.2) is 17.3 Å². The Hall–Kier alpha value is -0.810. The number of nitrogens with two attached hydrogens (primary N) is 1. The molecule has 1 fully saturated rings. The summed E-state index contributed by atoms with van der Waals surface area (Å²) in [6.45, 7) is 0. The van der Waals surface area contributed by atoms with Crippen molar-refractivity contribution < 1.29 is 14.2 Å². The molecule has 0 radical (unpaired) electrons. The van der Waals surface area contributed by atoms with Gasteiger partial charge >= 0.3 is 0 Å². The summed E-state index contributed by atoms with van der Waals surface area (Å²) in [5.41, 5.74) is 6.31. The van der Waals surface area contributed by atoms with Gasteiger partial charge in [-0.3, -0.25) is 0 Å². The van der Waals surface area contributed by atoms with Crippen LogP contribution in [-0.4, -0.2) is 12.2 Å². The number of benzene rings is 1. The number of ether oxygens (including phenoxy) is 1. The minimum absolute atomic E-state index is 0.133. The van der Waals surface area contributed by atoms with Crippen molar-refractivity contribution in [3.05, 3.63) is 21.9 Å². The first-order valence-electron chi connectivity index (χ1n) is 5.04. The highest BCUT2D eigenvalue weighted by molar-refractivity contribution is 9.10. The molecule has 0 bridgehead atoms. The number of hydrogen-bond acceptors (Lipinski definition) is 3. The van der Waals surface area contributed by atoms with Crippen LogP contribution in [0.25, 0.3) is 0 Å². The van der Waals surface area contributed by atoms with Gasteiger partial charge < -0.3 is 15.6 Å². The summed E-state index contributed by atoms with van der Waals surface area (Å²) in [6.07, 6.45) is 2.66. The fourth-order valence-electron chi connectivity index (χ4n) is 2.06. The van der Waals surface area contributed by atoms with Gasteiger partial charge in [0.1, 0.15) is 0 Å². The molecule has 1 aromatic carbocycles. The number of phenols is 1. The molecule has 0 saturated heterocycles. The molecule has 0 atom stereocenters. The van der Waals surface area contributed by atoms with Crippen molar-refractivity contribution in [2.24, 2.45) is 5.73 Å². The molecular formula is C11H13BrFNO2. The topological polar surface area (TPSA) is 55.5 Å². The first-order chi connectivity index (χ1) is 7.49. The zero-order valence-corrected chi connectivity index (χ0v) is 10.5. The number of phenolic OH excluding ortho intramolecular Hbond substituents is 1. The van der Waals surface area contributed by atoms with Crippen LogP contribution in [-0.2, 0) is 5.54 Å². The second-order valence-corrected chi connectivity index (χ2v) is 4.96. The van der Waals surface area contributed by atoms with E-state index >= 15 is 0 Å². The third-order valence-corrected chi connectivity index (χ3v) is 3.73. The molecule has 0 aromatic heterocycles. The lowest BCUT2D eigenvalue weighted by Gasteiger charge is -2.40. The maximum absolute atomic E-state index is 13.3. The second kappa shape index (κ2) is 3.89. The Morgan fingerprint density at radius 3 is 2.62 bits per heavy atom. The molecule has 3 nitrogen and oxygen atoms in total. The average molecular weight is 290 g/mol. The summed E-state index contributed by atoms with van der Waals surface area (Å²) in [5.74, 6) is -1.05. The second-order valence-electron chi connectivity index (χ2n) is 4.11. The van der Waals surface area contributed by atoms with E-state index in [2.05, 4.69) is 15.9 Å². The molecule has 3 N–H and O–H groups in total. The van der Waals surface area contributed by atoms with Crippen molar-refractivity contribution in [2.45, 2.75) is 24.8 Å². The lowest BCUT2D eigenvalue weighted by molar-refractivity contribution is 0.238. The van der Waals surface area contributed by atoms with Gasteiger partial charge in [-0.15, -0.1) is 0 Å². The molecule has 1 aliphatic carbocycles. The van der Waals surface area contributed by atoms with Crippen LogP contribution in [0.2, 0.25) is 0 Å². The quantitative estimate of drug-likeness (QED) is 0.880. The maximum atomic E-state index is 13.3. The summed E-state index contributed by atoms with van der Waals surface area (Å²) in [4.78, 5) is 0. The maximum Gasteiger partial charge on any atom is 0.194 e. The van der Waals surface area contributed by atoms with Crippen LogP contribution in [0.3, 0.4) is 0 Å². The van der Waals surface area contributed by atoms with E-state index < -0.39 is 17.1 Å². The largest absolute Gasteiger partial charge is 0.502 e. The van der Waals surface area contributed by atoms with Gasteiger partial charge in [0.25, 0.3) is 0 Å². The van der Waals surface area contributed by atoms with Crippen molar-refractivity contribution in [2.75, 3.05) is 7.11 Å². The molecule has 0 unspecified atom stereocenters. The first-order valence-corrected chi connectivity index (χ1v) is 5.83. The molecule has 0 heterocycles. The van der Waals surface area contributed by atoms with E-state index in [1.54, 1.807) is 0 Å². The van der Waals surface area contributed by atoms with E-state index in [-0.39, 0.29) is 5.75 Å². The van der Waals surface area contributed by atoms with Gasteiger partial charge in [-0.05, 0) is 25.3 Å². The molecule has 0 amide bonds. The van der Waals surface area contributed by atoms with Crippen molar-refractivity contribution >= 4 is 15.9 Å². The van der Waals surface area contributed by atoms with E-state index in [0.717, 1.165) is 19.3 Å². The highest BCUT2D eigenvalue weighted by Crippen LogP contribution is 2.49. The predicted molar refractivity (Wildman–Crippen MR) is 62.0 cm³/mol. The normalized spacial score (nSPS) is 18.0. The minimum Gasteiger partial charge on any atom is -0.502 e. The molecular weight excluding hydrogens is 277 g/mol. The number of aromatic hydroxyl groups is 1. The van der Waals surface area contributed by atoms with Crippen LogP contribution >= 0.6 is 15.9 Å². The van der Waals surface area contributed by atoms with Crippen LogP contribution in [0, 0.1) is 5.82 Å². The van der Waals surface area contributed by atoms with Crippen LogP contribution in [0.4, 0.5) is 4.39 Å². The number of methoxy groups -OCH3 is 1. The first kappa shape index (κ1) is 11.7. The Labute approximate surface area is 102 Å². The molecule has 16 heavy (non-hydrogen) atoms. The molecule has 0 aliphatic heterocycles. The minimum atomic E-state index is -0.713. The molecule has 1 saturated carbocycles. The SMILES string of the molecule is COc1c(O)c(F)cc(Br)c1C1(N)CCC1. The Morgan fingerprint density at radius 1 is 1.56 bits per heavy atom. The van der Waals surface area contributed by atoms with Crippen LogP contribution in [0.15, 0.2) is 10.5 Å². The van der Waals surface area contributed by atoms with Crippen molar-refractivity contribution in [1.82, 2.24) is 0 Å². The highest BCUT2D eigenvalue weighted by atomic mass is 79.9. The Morgan fingerprint density at radius 2 is 2.19 bits per heavy atom. The summed E-state index contributed by atoms with van der Waals surface area (Å²) >= 11 is 3.27. The fraction of sp³-hybridized carbons (Fsp3) is 0.455. The molecule has 0 spiro atoms. The van der Waals surface area contributed by atoms with Gasteiger partial charge in [0, 0.05) is 15.6 Å². The van der Waals surface area contributed by atoms with Gasteiger partial charge in [-0.2, -0.15) is 0 Å². The zero-order valence-electron chi connectivity index (χ0n) is 8.89. The molecule has 1 aliphatic rings. The molecule has 5 heteroatoms. The summed E-state index contributed by atoms with van der Waals surface area (Å²) in [6, 6.07) is 1.22. The van der Waals surface area contributed by atoms with Crippen LogP contribution in [0.1, 0.15) is 24.8 Å². The zero-order chi connectivity index (χ0) is 11.9. The van der Waals surface area contributed by atoms with E-state index in [1.165, 1.54) is 13.2 Å². The molecule has 1 aromatic rings. The van der Waals surface area contributed by atoms with E-state index in [4.69, 9.17) is 10.5 Å². The van der Waals surface area contributed by atoms with E-state index in [1.807, 2.05) is 0 Å². The lowest BCUT2D eigenvalue weighted by atomic mass is 9.72. The van der Waals surface area contributed by atoms with Gasteiger partial charge in [0.05, 0.1) is 7.11 Å². The third-order valence-electron chi connectivity index (χ3n) is 3.11. The fourth-order valence-corrected chi connectivity index (χ4v) is 2.83. The average Bonchev–Trinajstić information content (AvgIpc) is 2.19. The van der Waals surface area contributed by atoms with E-state index in [0.29, 0.717) is 10.0 Å². The number of hydrogen-bond donors (Lipinski definition) is 2. The Bertz CT molecular complexity index is 432. The Kier molecular flexibility index (Phi) is 2.84. The van der Waals surface area contributed by atoms with Crippen molar-refractivity contribution in [3.8, 4) is 11.5 Å². The van der Waals surface area contributed by atoms with E-state index in [9.17, 15) is 9.50 Å². The smallest absolute Gasteiger partial charge is 0.194 e. The summed E-state index contributed by atoms with van der Waals surface area (Å²) < 4.78 is 18.9.